The number of Topliss-reactive ketones (excluding diaryl/α,β-unsaturated/α-hetero) is 1. The SMILES string of the molecule is O=C(CC1CCCCC1)c1ccc([C@H](O)CN2CCN(c3ccc(OCCO)cc3Cl)[C@H](c3ccc(Cl)cc3)C2)nc1. The number of halogens is 2. The second kappa shape index (κ2) is 14.7. The van der Waals surface area contributed by atoms with Crippen LogP contribution in [0.15, 0.2) is 60.8 Å². The zero-order valence-electron chi connectivity index (χ0n) is 23.8. The average molecular weight is 613 g/mol. The van der Waals surface area contributed by atoms with Crippen molar-refractivity contribution in [1.29, 1.82) is 0 Å². The number of carbonyl (C=O) groups excluding carboxylic acids is 1. The Morgan fingerprint density at radius 3 is 2.50 bits per heavy atom. The van der Waals surface area contributed by atoms with E-state index >= 15 is 0 Å². The molecule has 2 aliphatic rings. The first-order valence-corrected chi connectivity index (χ1v) is 15.6. The van der Waals surface area contributed by atoms with Gasteiger partial charge in [0.15, 0.2) is 5.78 Å². The van der Waals surface area contributed by atoms with Crippen molar-refractivity contribution in [1.82, 2.24) is 9.88 Å². The second-order valence-electron chi connectivity index (χ2n) is 11.3. The minimum absolute atomic E-state index is 0.0299. The zero-order valence-corrected chi connectivity index (χ0v) is 25.3. The van der Waals surface area contributed by atoms with Gasteiger partial charge in [-0.25, -0.2) is 0 Å². The van der Waals surface area contributed by atoms with Crippen molar-refractivity contribution in [2.75, 3.05) is 44.3 Å². The van der Waals surface area contributed by atoms with Gasteiger partial charge in [0, 0.05) is 55.4 Å². The van der Waals surface area contributed by atoms with Gasteiger partial charge in [0.05, 0.1) is 29.1 Å². The molecule has 0 spiro atoms. The molecule has 2 heterocycles. The molecule has 0 radical (unpaired) electrons. The van der Waals surface area contributed by atoms with E-state index in [0.29, 0.717) is 59.0 Å². The first kappa shape index (κ1) is 30.8. The van der Waals surface area contributed by atoms with E-state index in [9.17, 15) is 9.90 Å². The lowest BCUT2D eigenvalue weighted by Gasteiger charge is -2.44. The molecule has 1 saturated heterocycles. The Bertz CT molecular complexity index is 1320. The number of hydrogen-bond donors (Lipinski definition) is 2. The van der Waals surface area contributed by atoms with Gasteiger partial charge in [-0.2, -0.15) is 0 Å². The molecule has 5 rings (SSSR count). The van der Waals surface area contributed by atoms with Gasteiger partial charge in [0.2, 0.25) is 0 Å². The molecule has 1 aliphatic heterocycles. The molecule has 3 aromatic rings. The van der Waals surface area contributed by atoms with Crippen LogP contribution in [0.3, 0.4) is 0 Å². The zero-order chi connectivity index (χ0) is 29.5. The van der Waals surface area contributed by atoms with Crippen LogP contribution in [0.2, 0.25) is 10.0 Å². The number of β-amino-alcohol motifs (C(OH)–C–C–N with tert-alkyl or cyclic N) is 1. The molecule has 1 aromatic heterocycles. The van der Waals surface area contributed by atoms with E-state index in [4.69, 9.17) is 33.0 Å². The van der Waals surface area contributed by atoms with Crippen LogP contribution in [0.4, 0.5) is 5.69 Å². The minimum atomic E-state index is -0.781. The molecule has 2 aromatic carbocycles. The Kier molecular flexibility index (Phi) is 10.7. The molecule has 224 valence electrons. The number of hydrogen-bond acceptors (Lipinski definition) is 7. The van der Waals surface area contributed by atoms with E-state index in [-0.39, 0.29) is 25.0 Å². The van der Waals surface area contributed by atoms with E-state index in [1.54, 1.807) is 24.4 Å². The summed E-state index contributed by atoms with van der Waals surface area (Å²) in [6.07, 6.45) is 7.40. The average Bonchev–Trinajstić information content (AvgIpc) is 3.01. The quantitative estimate of drug-likeness (QED) is 0.239. The Balaban J connectivity index is 1.26. The number of pyridine rings is 1. The fourth-order valence-electron chi connectivity index (χ4n) is 6.11. The van der Waals surface area contributed by atoms with Gasteiger partial charge in [-0.05, 0) is 47.9 Å². The van der Waals surface area contributed by atoms with Crippen LogP contribution in [0.5, 0.6) is 5.75 Å². The van der Waals surface area contributed by atoms with Crippen molar-refractivity contribution in [2.45, 2.75) is 50.7 Å². The second-order valence-corrected chi connectivity index (χ2v) is 12.2. The monoisotopic (exact) mass is 611 g/mol. The van der Waals surface area contributed by atoms with Crippen LogP contribution in [-0.4, -0.2) is 65.3 Å². The van der Waals surface area contributed by atoms with E-state index in [1.807, 2.05) is 36.4 Å². The molecular weight excluding hydrogens is 573 g/mol. The van der Waals surface area contributed by atoms with E-state index in [1.165, 1.54) is 19.3 Å². The molecule has 0 unspecified atom stereocenters. The van der Waals surface area contributed by atoms with Crippen LogP contribution >= 0.6 is 23.2 Å². The number of aliphatic hydroxyl groups excluding tert-OH is 2. The smallest absolute Gasteiger partial charge is 0.164 e. The predicted molar refractivity (Wildman–Crippen MR) is 167 cm³/mol. The number of carbonyl (C=O) groups is 1. The lowest BCUT2D eigenvalue weighted by Crippen LogP contribution is -2.49. The number of ether oxygens (including phenoxy) is 1. The Labute approximate surface area is 258 Å². The van der Waals surface area contributed by atoms with Crippen LogP contribution in [-0.2, 0) is 0 Å². The van der Waals surface area contributed by atoms with Crippen LogP contribution in [0.25, 0.3) is 0 Å². The lowest BCUT2D eigenvalue weighted by atomic mass is 9.85. The summed E-state index contributed by atoms with van der Waals surface area (Å²) in [6, 6.07) is 17.0. The molecule has 7 nitrogen and oxygen atoms in total. The summed E-state index contributed by atoms with van der Waals surface area (Å²) in [5.41, 5.74) is 3.17. The molecular formula is C33H39Cl2N3O4. The molecule has 2 atom stereocenters. The first-order valence-electron chi connectivity index (χ1n) is 14.9. The molecule has 9 heteroatoms. The summed E-state index contributed by atoms with van der Waals surface area (Å²) in [7, 11) is 0. The number of aromatic nitrogens is 1. The van der Waals surface area contributed by atoms with Gasteiger partial charge in [0.25, 0.3) is 0 Å². The third-order valence-electron chi connectivity index (χ3n) is 8.39. The summed E-state index contributed by atoms with van der Waals surface area (Å²) in [4.78, 5) is 21.8. The normalized spacial score (nSPS) is 19.0. The fourth-order valence-corrected chi connectivity index (χ4v) is 6.52. The summed E-state index contributed by atoms with van der Waals surface area (Å²) in [5, 5.41) is 21.4. The number of nitrogens with zero attached hydrogens (tertiary/aromatic N) is 3. The highest BCUT2D eigenvalue weighted by molar-refractivity contribution is 6.33. The lowest BCUT2D eigenvalue weighted by molar-refractivity contribution is 0.0942. The maximum absolute atomic E-state index is 12.8. The van der Waals surface area contributed by atoms with Crippen molar-refractivity contribution >= 4 is 34.7 Å². The number of aliphatic hydroxyl groups is 2. The number of ketones is 1. The van der Waals surface area contributed by atoms with Gasteiger partial charge in [-0.1, -0.05) is 67.4 Å². The third kappa shape index (κ3) is 7.82. The van der Waals surface area contributed by atoms with Crippen molar-refractivity contribution in [2.24, 2.45) is 5.92 Å². The highest BCUT2D eigenvalue weighted by atomic mass is 35.5. The van der Waals surface area contributed by atoms with E-state index in [0.717, 1.165) is 30.6 Å². The number of rotatable bonds is 11. The van der Waals surface area contributed by atoms with Crippen molar-refractivity contribution in [3.05, 3.63) is 87.7 Å². The summed E-state index contributed by atoms with van der Waals surface area (Å²) < 4.78 is 5.53. The van der Waals surface area contributed by atoms with Crippen molar-refractivity contribution < 1.29 is 19.7 Å². The standard InChI is InChI=1S/C33H39Cl2N3O4/c34-26-9-6-24(7-10-26)31-21-37(14-15-38(31)30-13-11-27(19-28(30)35)42-17-16-39)22-33(41)29-12-8-25(20-36-29)32(40)18-23-4-2-1-3-5-23/h6-13,19-20,23,31,33,39,41H,1-5,14-18,21-22H2/t31-,33+/m0/s1. The molecule has 2 fully saturated rings. The topological polar surface area (TPSA) is 86.1 Å². The molecule has 2 N–H and O–H groups in total. The molecule has 1 saturated carbocycles. The van der Waals surface area contributed by atoms with E-state index in [2.05, 4.69) is 14.8 Å². The van der Waals surface area contributed by atoms with Crippen molar-refractivity contribution in [3.8, 4) is 5.75 Å². The largest absolute Gasteiger partial charge is 0.491 e. The third-order valence-corrected chi connectivity index (χ3v) is 8.94. The number of piperazine rings is 1. The first-order chi connectivity index (χ1) is 20.4. The van der Waals surface area contributed by atoms with Crippen molar-refractivity contribution in [3.63, 3.8) is 0 Å². The van der Waals surface area contributed by atoms with Gasteiger partial charge in [-0.15, -0.1) is 0 Å². The van der Waals surface area contributed by atoms with Crippen LogP contribution < -0.4 is 9.64 Å². The maximum Gasteiger partial charge on any atom is 0.164 e. The molecule has 0 amide bonds. The Morgan fingerprint density at radius 1 is 1.02 bits per heavy atom. The number of benzene rings is 2. The van der Waals surface area contributed by atoms with Crippen LogP contribution in [0, 0.1) is 5.92 Å². The van der Waals surface area contributed by atoms with Crippen LogP contribution in [0.1, 0.15) is 72.3 Å². The number of anilines is 1. The Morgan fingerprint density at radius 2 is 1.81 bits per heavy atom. The van der Waals surface area contributed by atoms with Gasteiger partial charge < -0.3 is 19.8 Å². The highest BCUT2D eigenvalue weighted by Gasteiger charge is 2.31. The highest BCUT2D eigenvalue weighted by Crippen LogP contribution is 2.38. The van der Waals surface area contributed by atoms with Gasteiger partial charge in [0.1, 0.15) is 18.5 Å². The van der Waals surface area contributed by atoms with Gasteiger partial charge in [-0.3, -0.25) is 14.7 Å². The molecule has 0 bridgehead atoms. The predicted octanol–water partition coefficient (Wildman–Crippen LogP) is 6.51. The Hall–Kier alpha value is -2.68. The van der Waals surface area contributed by atoms with Gasteiger partial charge >= 0.3 is 0 Å². The maximum atomic E-state index is 12.8. The fraction of sp³-hybridized carbons (Fsp3) is 0.455. The summed E-state index contributed by atoms with van der Waals surface area (Å²) in [5.74, 6) is 1.23. The molecule has 1 aliphatic carbocycles. The summed E-state index contributed by atoms with van der Waals surface area (Å²) >= 11 is 12.9. The van der Waals surface area contributed by atoms with E-state index < -0.39 is 6.10 Å². The minimum Gasteiger partial charge on any atom is -0.491 e. The molecule has 42 heavy (non-hydrogen) atoms. The summed E-state index contributed by atoms with van der Waals surface area (Å²) in [6.45, 7) is 2.64.